The molecule has 0 aliphatic heterocycles. The summed E-state index contributed by atoms with van der Waals surface area (Å²) in [6.07, 6.45) is 9.42. The molecule has 0 radical (unpaired) electrons. The third kappa shape index (κ3) is 4.04. The van der Waals surface area contributed by atoms with E-state index >= 15 is 0 Å². The summed E-state index contributed by atoms with van der Waals surface area (Å²) in [6, 6.07) is 2.15. The molecule has 2 heteroatoms. The summed E-state index contributed by atoms with van der Waals surface area (Å²) < 4.78 is 0. The van der Waals surface area contributed by atoms with Crippen molar-refractivity contribution < 1.29 is 0 Å². The van der Waals surface area contributed by atoms with Crippen LogP contribution in [0.3, 0.4) is 0 Å². The van der Waals surface area contributed by atoms with Crippen LogP contribution in [0.15, 0.2) is 18.5 Å². The highest BCUT2D eigenvalue weighted by Crippen LogP contribution is 2.38. The van der Waals surface area contributed by atoms with E-state index in [1.807, 2.05) is 6.20 Å². The molecule has 0 spiro atoms. The van der Waals surface area contributed by atoms with E-state index in [1.54, 1.807) is 0 Å². The van der Waals surface area contributed by atoms with Gasteiger partial charge in [-0.2, -0.15) is 0 Å². The largest absolute Gasteiger partial charge is 0.312 e. The summed E-state index contributed by atoms with van der Waals surface area (Å²) in [5.41, 5.74) is 3.09. The summed E-state index contributed by atoms with van der Waals surface area (Å²) >= 11 is 0. The van der Waals surface area contributed by atoms with Crippen LogP contribution < -0.4 is 5.32 Å². The Hall–Kier alpha value is -0.890. The minimum absolute atomic E-state index is 0.214. The van der Waals surface area contributed by atoms with Crippen molar-refractivity contribution in [2.24, 2.45) is 5.92 Å². The van der Waals surface area contributed by atoms with E-state index in [2.05, 4.69) is 50.3 Å². The van der Waals surface area contributed by atoms with Crippen molar-refractivity contribution in [3.8, 4) is 0 Å². The number of pyridine rings is 1. The summed E-state index contributed by atoms with van der Waals surface area (Å²) in [7, 11) is 0. The van der Waals surface area contributed by atoms with Crippen LogP contribution >= 0.6 is 0 Å². The van der Waals surface area contributed by atoms with Crippen LogP contribution in [0.4, 0.5) is 0 Å². The van der Waals surface area contributed by atoms with Crippen LogP contribution in [0.5, 0.6) is 0 Å². The van der Waals surface area contributed by atoms with Gasteiger partial charge in [0, 0.05) is 17.9 Å². The highest BCUT2D eigenvalue weighted by Gasteiger charge is 2.28. The monoisotopic (exact) mass is 260 g/mol. The second-order valence-electron chi connectivity index (χ2n) is 7.01. The molecule has 1 aliphatic rings. The number of aromatic nitrogens is 1. The molecule has 1 saturated carbocycles. The van der Waals surface area contributed by atoms with Crippen molar-refractivity contribution in [1.29, 1.82) is 0 Å². The SMILES string of the molecule is Cc1ccncc1C1CCCCC1CNC(C)(C)C. The van der Waals surface area contributed by atoms with Gasteiger partial charge in [0.15, 0.2) is 0 Å². The van der Waals surface area contributed by atoms with E-state index in [4.69, 9.17) is 0 Å². The minimum atomic E-state index is 0.214. The fourth-order valence-corrected chi connectivity index (χ4v) is 3.16. The van der Waals surface area contributed by atoms with E-state index in [0.29, 0.717) is 5.92 Å². The quantitative estimate of drug-likeness (QED) is 0.886. The third-order valence-electron chi connectivity index (χ3n) is 4.28. The Labute approximate surface area is 118 Å². The van der Waals surface area contributed by atoms with E-state index in [1.165, 1.54) is 36.8 Å². The zero-order valence-corrected chi connectivity index (χ0v) is 12.9. The predicted octanol–water partition coefficient (Wildman–Crippen LogP) is 4.05. The average Bonchev–Trinajstić information content (AvgIpc) is 2.37. The number of rotatable bonds is 3. The number of aryl methyl sites for hydroxylation is 1. The maximum absolute atomic E-state index is 4.34. The number of nitrogens with zero attached hydrogens (tertiary/aromatic N) is 1. The van der Waals surface area contributed by atoms with Crippen molar-refractivity contribution in [3.63, 3.8) is 0 Å². The van der Waals surface area contributed by atoms with Crippen LogP contribution in [-0.4, -0.2) is 17.1 Å². The number of nitrogens with one attached hydrogen (secondary N) is 1. The molecule has 2 nitrogen and oxygen atoms in total. The first kappa shape index (κ1) is 14.5. The van der Waals surface area contributed by atoms with Gasteiger partial charge in [-0.05, 0) is 76.1 Å². The Morgan fingerprint density at radius 2 is 2.00 bits per heavy atom. The Morgan fingerprint density at radius 1 is 1.26 bits per heavy atom. The molecule has 0 aromatic carbocycles. The zero-order valence-electron chi connectivity index (χ0n) is 12.9. The Morgan fingerprint density at radius 3 is 2.68 bits per heavy atom. The molecule has 1 aromatic heterocycles. The predicted molar refractivity (Wildman–Crippen MR) is 81.4 cm³/mol. The lowest BCUT2D eigenvalue weighted by Crippen LogP contribution is -2.41. The van der Waals surface area contributed by atoms with Crippen LogP contribution in [0.1, 0.15) is 63.5 Å². The smallest absolute Gasteiger partial charge is 0.0305 e. The Kier molecular flexibility index (Phi) is 4.62. The molecule has 19 heavy (non-hydrogen) atoms. The molecule has 106 valence electrons. The highest BCUT2D eigenvalue weighted by atomic mass is 14.9. The molecule has 0 saturated heterocycles. The molecule has 2 rings (SSSR count). The van der Waals surface area contributed by atoms with Crippen molar-refractivity contribution >= 4 is 0 Å². The van der Waals surface area contributed by atoms with Crippen LogP contribution in [0.25, 0.3) is 0 Å². The van der Waals surface area contributed by atoms with E-state index < -0.39 is 0 Å². The Balaban J connectivity index is 2.10. The van der Waals surface area contributed by atoms with Crippen molar-refractivity contribution in [2.45, 2.75) is 64.8 Å². The summed E-state index contributed by atoms with van der Waals surface area (Å²) in [5, 5.41) is 3.69. The van der Waals surface area contributed by atoms with Gasteiger partial charge >= 0.3 is 0 Å². The molecule has 1 heterocycles. The van der Waals surface area contributed by atoms with Gasteiger partial charge in [-0.25, -0.2) is 0 Å². The Bertz CT molecular complexity index is 406. The molecule has 2 atom stereocenters. The minimum Gasteiger partial charge on any atom is -0.312 e. The third-order valence-corrected chi connectivity index (χ3v) is 4.28. The average molecular weight is 260 g/mol. The van der Waals surface area contributed by atoms with Gasteiger partial charge in [0.1, 0.15) is 0 Å². The lowest BCUT2D eigenvalue weighted by molar-refractivity contribution is 0.268. The normalized spacial score (nSPS) is 24.4. The van der Waals surface area contributed by atoms with Crippen molar-refractivity contribution in [1.82, 2.24) is 10.3 Å². The molecular formula is C17H28N2. The molecule has 1 N–H and O–H groups in total. The maximum Gasteiger partial charge on any atom is 0.0305 e. The second kappa shape index (κ2) is 6.04. The summed E-state index contributed by atoms with van der Waals surface area (Å²) in [4.78, 5) is 4.34. The number of hydrogen-bond donors (Lipinski definition) is 1. The lowest BCUT2D eigenvalue weighted by Gasteiger charge is -2.35. The van der Waals surface area contributed by atoms with Gasteiger partial charge in [0.05, 0.1) is 0 Å². The van der Waals surface area contributed by atoms with Crippen molar-refractivity contribution in [3.05, 3.63) is 29.6 Å². The first-order valence-corrected chi connectivity index (χ1v) is 7.63. The van der Waals surface area contributed by atoms with E-state index in [-0.39, 0.29) is 5.54 Å². The first-order chi connectivity index (χ1) is 8.97. The van der Waals surface area contributed by atoms with Crippen LogP contribution in [0.2, 0.25) is 0 Å². The van der Waals surface area contributed by atoms with E-state index in [0.717, 1.165) is 12.5 Å². The summed E-state index contributed by atoms with van der Waals surface area (Å²) in [5.74, 6) is 1.45. The first-order valence-electron chi connectivity index (χ1n) is 7.63. The number of hydrogen-bond acceptors (Lipinski definition) is 2. The molecule has 1 aromatic rings. The molecule has 2 unspecified atom stereocenters. The molecular weight excluding hydrogens is 232 g/mol. The highest BCUT2D eigenvalue weighted by molar-refractivity contribution is 5.26. The molecule has 0 bridgehead atoms. The van der Waals surface area contributed by atoms with Crippen LogP contribution in [-0.2, 0) is 0 Å². The maximum atomic E-state index is 4.34. The van der Waals surface area contributed by atoms with Crippen molar-refractivity contribution in [2.75, 3.05) is 6.54 Å². The molecule has 0 amide bonds. The van der Waals surface area contributed by atoms with Gasteiger partial charge in [0.25, 0.3) is 0 Å². The lowest BCUT2D eigenvalue weighted by atomic mass is 9.74. The molecule has 1 fully saturated rings. The topological polar surface area (TPSA) is 24.9 Å². The zero-order chi connectivity index (χ0) is 13.9. The fourth-order valence-electron chi connectivity index (χ4n) is 3.16. The van der Waals surface area contributed by atoms with E-state index in [9.17, 15) is 0 Å². The second-order valence-corrected chi connectivity index (χ2v) is 7.01. The van der Waals surface area contributed by atoms with Gasteiger partial charge < -0.3 is 5.32 Å². The van der Waals surface area contributed by atoms with Gasteiger partial charge in [-0.3, -0.25) is 4.98 Å². The van der Waals surface area contributed by atoms with Gasteiger partial charge in [0.2, 0.25) is 0 Å². The molecule has 1 aliphatic carbocycles. The standard InChI is InChI=1S/C17H28N2/c1-13-9-10-18-12-16(13)15-8-6-5-7-14(15)11-19-17(2,3)4/h9-10,12,14-15,19H,5-8,11H2,1-4H3. The fraction of sp³-hybridized carbons (Fsp3) is 0.706. The van der Waals surface area contributed by atoms with Gasteiger partial charge in [-0.1, -0.05) is 12.8 Å². The van der Waals surface area contributed by atoms with Crippen LogP contribution in [0, 0.1) is 12.8 Å². The summed E-state index contributed by atoms with van der Waals surface area (Å²) in [6.45, 7) is 10.1. The van der Waals surface area contributed by atoms with Gasteiger partial charge in [-0.15, -0.1) is 0 Å².